The summed E-state index contributed by atoms with van der Waals surface area (Å²) in [4.78, 5) is 31.5. The van der Waals surface area contributed by atoms with Gasteiger partial charge < -0.3 is 10.2 Å². The van der Waals surface area contributed by atoms with Crippen LogP contribution in [0.3, 0.4) is 0 Å². The van der Waals surface area contributed by atoms with Gasteiger partial charge in [0.25, 0.3) is 15.9 Å². The number of thioether (sulfide) groups is 1. The molecule has 0 atom stereocenters. The highest BCUT2D eigenvalue weighted by atomic mass is 32.2. The lowest BCUT2D eigenvalue weighted by molar-refractivity contribution is -0.137. The van der Waals surface area contributed by atoms with Crippen LogP contribution < -0.4 is 14.9 Å². The number of carbonyl (C=O) groups is 2. The number of sulfonamides is 1. The molecule has 2 amide bonds. The fourth-order valence-electron chi connectivity index (χ4n) is 4.57. The second kappa shape index (κ2) is 13.9. The van der Waals surface area contributed by atoms with Gasteiger partial charge in [-0.1, -0.05) is 54.6 Å². The Morgan fingerprint density at radius 1 is 0.872 bits per heavy atom. The first-order valence-electron chi connectivity index (χ1n) is 14.2. The number of hydrogen-bond acceptors (Lipinski definition) is 7. The third kappa shape index (κ3) is 8.69. The van der Waals surface area contributed by atoms with E-state index in [0.29, 0.717) is 39.9 Å². The molecule has 0 radical (unpaired) electrons. The summed E-state index contributed by atoms with van der Waals surface area (Å²) in [5.41, 5.74) is 4.38. The Kier molecular flexibility index (Phi) is 9.87. The zero-order chi connectivity index (χ0) is 33.8. The minimum atomic E-state index is -4.61. The molecule has 0 saturated carbocycles. The van der Waals surface area contributed by atoms with Crippen molar-refractivity contribution >= 4 is 50.1 Å². The van der Waals surface area contributed by atoms with Gasteiger partial charge in [0.1, 0.15) is 0 Å². The number of rotatable bonds is 9. The Morgan fingerprint density at radius 2 is 1.45 bits per heavy atom. The lowest BCUT2D eigenvalue weighted by Crippen LogP contribution is -2.31. The van der Waals surface area contributed by atoms with Crippen LogP contribution in [0.1, 0.15) is 16.7 Å². The third-order valence-electron chi connectivity index (χ3n) is 7.12. The maximum Gasteiger partial charge on any atom is 0.416 e. The van der Waals surface area contributed by atoms with E-state index in [1.807, 2.05) is 41.9 Å². The number of halogens is 3. The minimum Gasteiger partial charge on any atom is -0.378 e. The summed E-state index contributed by atoms with van der Waals surface area (Å²) in [6.07, 6.45) is -2.49. The first kappa shape index (κ1) is 33.5. The topological polar surface area (TPSA) is 108 Å². The number of anilines is 1. The SMILES string of the molecule is CN(C)c1ccc(-c2ccc(CC=C3SC(=Nc4ccc(CC(=O)NS(=O)(=O)c5ccc(C(F)(F)F)cc5)cc4)NC3=O)cc2)cc1. The highest BCUT2D eigenvalue weighted by molar-refractivity contribution is 8.18. The van der Waals surface area contributed by atoms with Gasteiger partial charge >= 0.3 is 6.18 Å². The quantitative estimate of drug-likeness (QED) is 0.197. The second-order valence-corrected chi connectivity index (χ2v) is 13.5. The molecule has 13 heteroatoms. The van der Waals surface area contributed by atoms with E-state index in [4.69, 9.17) is 0 Å². The Morgan fingerprint density at radius 3 is 2.02 bits per heavy atom. The monoisotopic (exact) mass is 678 g/mol. The molecule has 242 valence electrons. The van der Waals surface area contributed by atoms with Gasteiger partial charge in [0.15, 0.2) is 5.17 Å². The fourth-order valence-corrected chi connectivity index (χ4v) is 6.37. The van der Waals surface area contributed by atoms with Crippen molar-refractivity contribution in [2.75, 3.05) is 19.0 Å². The second-order valence-electron chi connectivity index (χ2n) is 10.8. The predicted molar refractivity (Wildman–Crippen MR) is 178 cm³/mol. The number of carbonyl (C=O) groups excluding carboxylic acids is 2. The van der Waals surface area contributed by atoms with Crippen molar-refractivity contribution in [1.82, 2.24) is 10.0 Å². The van der Waals surface area contributed by atoms with Crippen molar-refractivity contribution in [3.05, 3.63) is 125 Å². The molecule has 0 bridgehead atoms. The molecule has 1 fully saturated rings. The van der Waals surface area contributed by atoms with Crippen molar-refractivity contribution in [3.63, 3.8) is 0 Å². The molecule has 4 aromatic rings. The van der Waals surface area contributed by atoms with Crippen LogP contribution in [-0.2, 0) is 38.6 Å². The molecule has 4 aromatic carbocycles. The molecular weight excluding hydrogens is 650 g/mol. The summed E-state index contributed by atoms with van der Waals surface area (Å²) in [6.45, 7) is 0. The van der Waals surface area contributed by atoms with Crippen molar-refractivity contribution in [3.8, 4) is 11.1 Å². The van der Waals surface area contributed by atoms with Crippen molar-refractivity contribution in [2.45, 2.75) is 23.9 Å². The molecule has 1 aliphatic rings. The number of nitrogens with zero attached hydrogens (tertiary/aromatic N) is 2. The van der Waals surface area contributed by atoms with Gasteiger partial charge in [-0.05, 0) is 89.0 Å². The predicted octanol–water partition coefficient (Wildman–Crippen LogP) is 6.46. The van der Waals surface area contributed by atoms with Crippen molar-refractivity contribution in [1.29, 1.82) is 0 Å². The van der Waals surface area contributed by atoms with Crippen LogP contribution in [0.5, 0.6) is 0 Å². The Balaban J connectivity index is 1.14. The van der Waals surface area contributed by atoms with E-state index < -0.39 is 32.6 Å². The lowest BCUT2D eigenvalue weighted by atomic mass is 10.0. The number of amides is 2. The lowest BCUT2D eigenvalue weighted by Gasteiger charge is -2.12. The minimum absolute atomic E-state index is 0.256. The smallest absolute Gasteiger partial charge is 0.378 e. The zero-order valence-corrected chi connectivity index (χ0v) is 26.8. The van der Waals surface area contributed by atoms with Crippen LogP contribution in [0.25, 0.3) is 11.1 Å². The number of aliphatic imine (C=N–C) groups is 1. The Hall–Kier alpha value is -4.88. The number of hydrogen-bond donors (Lipinski definition) is 2. The summed E-state index contributed by atoms with van der Waals surface area (Å²) in [5, 5.41) is 3.13. The first-order chi connectivity index (χ1) is 22.3. The van der Waals surface area contributed by atoms with Gasteiger partial charge in [0.05, 0.1) is 27.5 Å². The summed E-state index contributed by atoms with van der Waals surface area (Å²) in [6, 6.07) is 25.7. The van der Waals surface area contributed by atoms with Crippen LogP contribution in [-0.4, -0.2) is 39.5 Å². The molecule has 1 heterocycles. The standard InChI is InChI=1S/C34H29F3N4O4S2/c1-41(2)28-16-10-25(11-17-28)24-8-3-22(4-9-24)7-20-30-32(43)39-33(46-30)38-27-14-5-23(6-15-27)21-31(42)40-47(44,45)29-18-12-26(13-19-29)34(35,36)37/h3-6,8-20H,7,21H2,1-2H3,(H,40,42)(H,38,39,43). The molecule has 2 N–H and O–H groups in total. The number of alkyl halides is 3. The summed E-state index contributed by atoms with van der Waals surface area (Å²) >= 11 is 1.21. The third-order valence-corrected chi connectivity index (χ3v) is 9.46. The normalized spacial score (nSPS) is 15.1. The molecule has 0 spiro atoms. The van der Waals surface area contributed by atoms with Crippen molar-refractivity contribution < 1.29 is 31.2 Å². The van der Waals surface area contributed by atoms with Gasteiger partial charge in [-0.25, -0.2) is 18.1 Å². The highest BCUT2D eigenvalue weighted by Gasteiger charge is 2.31. The maximum absolute atomic E-state index is 12.8. The zero-order valence-electron chi connectivity index (χ0n) is 25.2. The molecule has 5 rings (SSSR count). The van der Waals surface area contributed by atoms with Gasteiger partial charge in [0, 0.05) is 19.8 Å². The first-order valence-corrected chi connectivity index (χ1v) is 16.5. The summed E-state index contributed by atoms with van der Waals surface area (Å²) < 4.78 is 65.0. The Labute approximate surface area is 274 Å². The summed E-state index contributed by atoms with van der Waals surface area (Å²) in [7, 11) is -0.356. The van der Waals surface area contributed by atoms with E-state index in [-0.39, 0.29) is 12.3 Å². The van der Waals surface area contributed by atoms with Crippen LogP contribution in [0, 0.1) is 0 Å². The van der Waals surface area contributed by atoms with Gasteiger partial charge in [-0.15, -0.1) is 0 Å². The summed E-state index contributed by atoms with van der Waals surface area (Å²) in [5.74, 6) is -1.11. The molecule has 47 heavy (non-hydrogen) atoms. The average molecular weight is 679 g/mol. The van der Waals surface area contributed by atoms with Crippen LogP contribution >= 0.6 is 11.8 Å². The molecular formula is C34H29F3N4O4S2. The van der Waals surface area contributed by atoms with E-state index in [9.17, 15) is 31.2 Å². The maximum atomic E-state index is 12.8. The molecule has 0 unspecified atom stereocenters. The van der Waals surface area contributed by atoms with E-state index in [1.54, 1.807) is 24.3 Å². The van der Waals surface area contributed by atoms with E-state index in [2.05, 4.69) is 46.7 Å². The Bertz CT molecular complexity index is 1940. The fraction of sp³-hybridized carbons (Fsp3) is 0.147. The van der Waals surface area contributed by atoms with Gasteiger partial charge in [0.2, 0.25) is 5.91 Å². The van der Waals surface area contributed by atoms with Crippen molar-refractivity contribution in [2.24, 2.45) is 4.99 Å². The van der Waals surface area contributed by atoms with E-state index in [1.165, 1.54) is 11.8 Å². The highest BCUT2D eigenvalue weighted by Crippen LogP contribution is 2.30. The van der Waals surface area contributed by atoms with Crippen LogP contribution in [0.15, 0.2) is 118 Å². The average Bonchev–Trinajstić information content (AvgIpc) is 3.38. The number of allylic oxidation sites excluding steroid dienone is 1. The van der Waals surface area contributed by atoms with E-state index in [0.717, 1.165) is 34.5 Å². The molecule has 1 saturated heterocycles. The van der Waals surface area contributed by atoms with Gasteiger partial charge in [-0.2, -0.15) is 13.2 Å². The number of benzene rings is 4. The van der Waals surface area contributed by atoms with E-state index >= 15 is 0 Å². The number of nitrogens with one attached hydrogen (secondary N) is 2. The number of amidine groups is 1. The largest absolute Gasteiger partial charge is 0.416 e. The van der Waals surface area contributed by atoms with Crippen LogP contribution in [0.2, 0.25) is 0 Å². The molecule has 0 aromatic heterocycles. The molecule has 8 nitrogen and oxygen atoms in total. The molecule has 1 aliphatic heterocycles. The van der Waals surface area contributed by atoms with Crippen LogP contribution in [0.4, 0.5) is 24.5 Å². The van der Waals surface area contributed by atoms with Gasteiger partial charge in [-0.3, -0.25) is 9.59 Å². The molecule has 0 aliphatic carbocycles.